The van der Waals surface area contributed by atoms with E-state index in [1.807, 2.05) is 0 Å². The van der Waals surface area contributed by atoms with Gasteiger partial charge in [0.15, 0.2) is 0 Å². The van der Waals surface area contributed by atoms with Gasteiger partial charge in [-0.2, -0.15) is 0 Å². The Kier molecular flexibility index (Phi) is 0.875. The summed E-state index contributed by atoms with van der Waals surface area (Å²) in [6.45, 7) is 1.46. The zero-order valence-corrected chi connectivity index (χ0v) is 10.0. The van der Waals surface area contributed by atoms with Crippen LogP contribution >= 0.6 is 0 Å². The summed E-state index contributed by atoms with van der Waals surface area (Å²) in [6.07, 6.45) is 0. The molecule has 4 aromatic rings. The van der Waals surface area contributed by atoms with Crippen molar-refractivity contribution in [2.45, 2.75) is 6.92 Å². The molecule has 0 aliphatic rings. The second kappa shape index (κ2) is 3.83. The Morgan fingerprint density at radius 2 is 1.00 bits per heavy atom. The van der Waals surface area contributed by atoms with Crippen molar-refractivity contribution in [2.75, 3.05) is 0 Å². The topological polar surface area (TPSA) is 0 Å². The van der Waals surface area contributed by atoms with E-state index in [-0.39, 0.29) is 56.0 Å². The highest BCUT2D eigenvalue weighted by molar-refractivity contribution is 6.25. The fraction of sp³-hybridized carbons (Fsp3) is 0.0526. The smallest absolute Gasteiger partial charge is 0.0616 e. The van der Waals surface area contributed by atoms with E-state index in [2.05, 4.69) is 0 Å². The van der Waals surface area contributed by atoms with Crippen LogP contribution in [0.2, 0.25) is 0 Å². The predicted molar refractivity (Wildman–Crippen MR) is 83.7 cm³/mol. The average molecular weight is 253 g/mol. The minimum absolute atomic E-state index is 0.0203. The monoisotopic (exact) mass is 253 g/mol. The van der Waals surface area contributed by atoms with Crippen LogP contribution in [0.25, 0.3) is 32.3 Å². The van der Waals surface area contributed by atoms with Crippen LogP contribution in [-0.2, 0) is 0 Å². The van der Waals surface area contributed by atoms with Crippen LogP contribution in [0.1, 0.15) is 20.6 Å². The summed E-state index contributed by atoms with van der Waals surface area (Å²) in [5.74, 6) is 0. The molecule has 0 saturated carbocycles. The number of rotatable bonds is 0. The summed E-state index contributed by atoms with van der Waals surface area (Å²) < 4.78 is 91.0. The van der Waals surface area contributed by atoms with Crippen molar-refractivity contribution < 1.29 is 15.1 Å². The largest absolute Gasteiger partial charge is 0.0632 e. The van der Waals surface area contributed by atoms with Crippen LogP contribution in [0.3, 0.4) is 0 Å². The molecule has 4 aromatic carbocycles. The Hall–Kier alpha value is -2.34. The fourth-order valence-corrected chi connectivity index (χ4v) is 2.25. The molecule has 0 N–H and O–H groups in total. The third kappa shape index (κ3) is 1.47. The zero-order chi connectivity index (χ0) is 22.4. The van der Waals surface area contributed by atoms with Gasteiger partial charge in [-0.3, -0.25) is 0 Å². The van der Waals surface area contributed by atoms with Gasteiger partial charge in [-0.15, -0.1) is 0 Å². The molecule has 0 aliphatic heterocycles. The summed E-state index contributed by atoms with van der Waals surface area (Å²) in [5.41, 5.74) is 0.140. The van der Waals surface area contributed by atoms with Gasteiger partial charge in [0.1, 0.15) is 0 Å². The molecular weight excluding hydrogens is 228 g/mol. The van der Waals surface area contributed by atoms with Crippen LogP contribution in [-0.4, -0.2) is 0 Å². The molecule has 0 heterocycles. The second-order valence-electron chi connectivity index (χ2n) is 4.25. The van der Waals surface area contributed by atoms with E-state index in [1.54, 1.807) is 0 Å². The Morgan fingerprint density at radius 3 is 1.53 bits per heavy atom. The van der Waals surface area contributed by atoms with E-state index in [9.17, 15) is 0 Å². The van der Waals surface area contributed by atoms with Crippen LogP contribution in [0.15, 0.2) is 66.5 Å². The first-order valence-corrected chi connectivity index (χ1v) is 5.75. The summed E-state index contributed by atoms with van der Waals surface area (Å²) >= 11 is 0. The van der Waals surface area contributed by atoms with E-state index in [4.69, 9.17) is 15.1 Å². The molecule has 0 radical (unpaired) electrons. The van der Waals surface area contributed by atoms with Crippen LogP contribution in [0, 0.1) is 6.92 Å². The molecule has 0 spiro atoms. The van der Waals surface area contributed by atoms with Crippen molar-refractivity contribution in [3.05, 3.63) is 72.0 Å². The van der Waals surface area contributed by atoms with E-state index >= 15 is 0 Å². The molecular formula is C19H14. The molecule has 0 amide bonds. The first-order chi connectivity index (χ1) is 13.9. The van der Waals surface area contributed by atoms with Crippen molar-refractivity contribution in [2.24, 2.45) is 0 Å². The molecule has 90 valence electrons. The van der Waals surface area contributed by atoms with Gasteiger partial charge in [-0.25, -0.2) is 0 Å². The van der Waals surface area contributed by atoms with Gasteiger partial charge in [-0.1, -0.05) is 72.0 Å². The molecule has 0 unspecified atom stereocenters. The molecule has 0 aliphatic carbocycles. The predicted octanol–water partition coefficient (Wildman–Crippen LogP) is 5.45. The highest BCUT2D eigenvalue weighted by Gasteiger charge is 2.07. The minimum atomic E-state index is -0.573. The maximum atomic E-state index is 8.55. The lowest BCUT2D eigenvalue weighted by Gasteiger charge is -2.10. The van der Waals surface area contributed by atoms with E-state index in [0.717, 1.165) is 0 Å². The first kappa shape index (κ1) is 4.35. The van der Waals surface area contributed by atoms with Crippen molar-refractivity contribution in [3.63, 3.8) is 0 Å². The highest BCUT2D eigenvalue weighted by Crippen LogP contribution is 2.34. The molecule has 0 aromatic heterocycles. The summed E-state index contributed by atoms with van der Waals surface area (Å²) in [5, 5.41) is -0.592. The molecule has 0 atom stereocenters. The van der Waals surface area contributed by atoms with E-state index in [0.29, 0.717) is 0 Å². The van der Waals surface area contributed by atoms with Crippen LogP contribution < -0.4 is 0 Å². The van der Waals surface area contributed by atoms with E-state index in [1.165, 1.54) is 6.92 Å². The molecule has 0 fully saturated rings. The lowest BCUT2D eigenvalue weighted by molar-refractivity contribution is 1.51. The maximum absolute atomic E-state index is 8.55. The quantitative estimate of drug-likeness (QED) is 0.365. The first-order valence-electron chi connectivity index (χ1n) is 11.2. The zero-order valence-electron chi connectivity index (χ0n) is 21.0. The maximum Gasteiger partial charge on any atom is 0.0632 e. The second-order valence-corrected chi connectivity index (χ2v) is 4.25. The summed E-state index contributed by atoms with van der Waals surface area (Å²) in [7, 11) is 0. The fourth-order valence-electron chi connectivity index (χ4n) is 2.25. The van der Waals surface area contributed by atoms with Crippen molar-refractivity contribution in [1.82, 2.24) is 0 Å². The number of fused-ring (bicyclic) bond motifs is 6. The van der Waals surface area contributed by atoms with Gasteiger partial charge < -0.3 is 0 Å². The minimum Gasteiger partial charge on any atom is -0.0616 e. The van der Waals surface area contributed by atoms with E-state index < -0.39 is 48.3 Å². The molecule has 0 saturated heterocycles. The summed E-state index contributed by atoms with van der Waals surface area (Å²) in [4.78, 5) is 0. The van der Waals surface area contributed by atoms with Crippen LogP contribution in [0.5, 0.6) is 0 Å². The number of hydrogen-bond acceptors (Lipinski definition) is 0. The molecule has 19 heavy (non-hydrogen) atoms. The lowest BCUT2D eigenvalue weighted by Crippen LogP contribution is -1.83. The third-order valence-corrected chi connectivity index (χ3v) is 3.06. The average Bonchev–Trinajstić information content (AvgIpc) is 2.73. The van der Waals surface area contributed by atoms with Gasteiger partial charge >= 0.3 is 0 Å². The number of hydrogen-bond donors (Lipinski definition) is 0. The molecule has 4 rings (SSSR count). The van der Waals surface area contributed by atoms with Gasteiger partial charge in [0.2, 0.25) is 0 Å². The lowest BCUT2D eigenvalue weighted by atomic mass is 9.93. The van der Waals surface area contributed by atoms with Gasteiger partial charge in [0.05, 0.1) is 15.1 Å². The SMILES string of the molecule is [2H]c1c([2H])c([2H])c2c(c1[2H])c1c([2H])c([2H])c([2H])c([2H])c1c1c([2H])c(C)c([2H])c([2H])c21. The van der Waals surface area contributed by atoms with Gasteiger partial charge in [0, 0.05) is 0 Å². The molecule has 0 bridgehead atoms. The molecule has 0 nitrogen and oxygen atoms in total. The Morgan fingerprint density at radius 1 is 0.579 bits per heavy atom. The highest BCUT2D eigenvalue weighted by atomic mass is 14.1. The Balaban J connectivity index is 2.66. The van der Waals surface area contributed by atoms with Crippen molar-refractivity contribution in [1.29, 1.82) is 0 Å². The van der Waals surface area contributed by atoms with Gasteiger partial charge in [-0.05, 0) is 39.2 Å². The Labute approximate surface area is 127 Å². The third-order valence-electron chi connectivity index (χ3n) is 3.06. The molecule has 0 heteroatoms. The summed E-state index contributed by atoms with van der Waals surface area (Å²) in [6, 6.07) is -5.03. The normalized spacial score (nSPS) is 19.5. The standard InChI is InChI=1S/C19H14/c1-13-10-11-18-16-8-3-2-6-14(16)15-7-4-5-9-17(15)19(18)12-13/h2-12H,1H3/i2D,3D,4D,5D,6D,7D,8D,9D,10D,11D,12D. The number of benzene rings is 4. The van der Waals surface area contributed by atoms with Crippen molar-refractivity contribution in [3.8, 4) is 0 Å². The van der Waals surface area contributed by atoms with Crippen LogP contribution in [0.4, 0.5) is 0 Å². The van der Waals surface area contributed by atoms with Gasteiger partial charge in [0.25, 0.3) is 0 Å². The Bertz CT molecular complexity index is 1140. The van der Waals surface area contributed by atoms with Crippen molar-refractivity contribution >= 4 is 32.3 Å².